The molecule has 1 radical (unpaired) electrons. The monoisotopic (exact) mass is 299 g/mol. The van der Waals surface area contributed by atoms with E-state index in [-0.39, 0.29) is 0 Å². The summed E-state index contributed by atoms with van der Waals surface area (Å²) in [6.07, 6.45) is 3.18. The van der Waals surface area contributed by atoms with Gasteiger partial charge in [0, 0.05) is 10.5 Å². The van der Waals surface area contributed by atoms with Gasteiger partial charge in [0.2, 0.25) is 0 Å². The molecule has 0 fully saturated rings. The minimum absolute atomic E-state index is 1.03. The van der Waals surface area contributed by atoms with Gasteiger partial charge in [-0.2, -0.15) is 0 Å². The Bertz CT molecular complexity index is 611. The summed E-state index contributed by atoms with van der Waals surface area (Å²) in [5.74, 6) is 0. The van der Waals surface area contributed by atoms with Crippen LogP contribution in [0.2, 0.25) is 0 Å². The first-order valence-electron chi connectivity index (χ1n) is 6.59. The van der Waals surface area contributed by atoms with E-state index in [2.05, 4.69) is 60.1 Å². The summed E-state index contributed by atoms with van der Waals surface area (Å²) in [5, 5.41) is 0. The predicted molar refractivity (Wildman–Crippen MR) is 80.0 cm³/mol. The first kappa shape index (κ1) is 12.0. The smallest absolute Gasteiger partial charge is 0.0292 e. The fourth-order valence-corrected chi connectivity index (χ4v) is 3.82. The molecule has 18 heavy (non-hydrogen) atoms. The van der Waals surface area contributed by atoms with Crippen molar-refractivity contribution in [1.82, 2.24) is 0 Å². The van der Waals surface area contributed by atoms with Crippen LogP contribution >= 0.6 is 15.9 Å². The van der Waals surface area contributed by atoms with Crippen LogP contribution in [0.25, 0.3) is 11.1 Å². The summed E-state index contributed by atoms with van der Waals surface area (Å²) in [5.41, 5.74) is 8.60. The number of hydrogen-bond donors (Lipinski definition) is 0. The molecule has 0 bridgehead atoms. The lowest BCUT2D eigenvalue weighted by Gasteiger charge is -2.14. The molecule has 1 aliphatic carbocycles. The molecule has 2 aromatic carbocycles. The van der Waals surface area contributed by atoms with Crippen molar-refractivity contribution in [3.05, 3.63) is 57.1 Å². The first-order chi connectivity index (χ1) is 8.76. The van der Waals surface area contributed by atoms with E-state index in [1.165, 1.54) is 33.4 Å². The van der Waals surface area contributed by atoms with E-state index in [0.717, 1.165) is 23.7 Å². The van der Waals surface area contributed by atoms with E-state index >= 15 is 0 Å². The Morgan fingerprint density at radius 1 is 1.11 bits per heavy atom. The van der Waals surface area contributed by atoms with Gasteiger partial charge in [0.25, 0.3) is 0 Å². The van der Waals surface area contributed by atoms with Crippen molar-refractivity contribution in [3.8, 4) is 11.1 Å². The van der Waals surface area contributed by atoms with E-state index in [4.69, 9.17) is 0 Å². The van der Waals surface area contributed by atoms with Crippen molar-refractivity contribution in [2.75, 3.05) is 0 Å². The lowest BCUT2D eigenvalue weighted by Crippen LogP contribution is -1.98. The highest BCUT2D eigenvalue weighted by atomic mass is 79.9. The molecular formula is C17H16Br. The summed E-state index contributed by atoms with van der Waals surface area (Å²) in [6, 6.07) is 12.3. The van der Waals surface area contributed by atoms with Gasteiger partial charge in [-0.1, -0.05) is 38.1 Å². The molecule has 0 N–H and O–H groups in total. The molecule has 91 valence electrons. The molecule has 2 aromatic rings. The normalized spacial score (nSPS) is 12.4. The molecule has 0 saturated heterocycles. The van der Waals surface area contributed by atoms with Gasteiger partial charge in [0.05, 0.1) is 0 Å². The molecule has 0 unspecified atom stereocenters. The van der Waals surface area contributed by atoms with E-state index in [1.54, 1.807) is 0 Å². The van der Waals surface area contributed by atoms with Crippen molar-refractivity contribution >= 4 is 15.9 Å². The van der Waals surface area contributed by atoms with Crippen molar-refractivity contribution in [2.24, 2.45) is 0 Å². The van der Waals surface area contributed by atoms with Crippen molar-refractivity contribution < 1.29 is 0 Å². The molecule has 0 spiro atoms. The van der Waals surface area contributed by atoms with Crippen LogP contribution in [-0.2, 0) is 19.3 Å². The molecule has 0 atom stereocenters. The van der Waals surface area contributed by atoms with Crippen LogP contribution in [0, 0.1) is 6.07 Å². The Morgan fingerprint density at radius 2 is 1.83 bits per heavy atom. The topological polar surface area (TPSA) is 0 Å². The molecule has 1 heteroatoms. The summed E-state index contributed by atoms with van der Waals surface area (Å²) in [4.78, 5) is 0. The molecule has 0 heterocycles. The third-order valence-electron chi connectivity index (χ3n) is 3.85. The Balaban J connectivity index is 2.33. The van der Waals surface area contributed by atoms with Gasteiger partial charge in [0.15, 0.2) is 0 Å². The largest absolute Gasteiger partial charge is 0.0619 e. The minimum Gasteiger partial charge on any atom is -0.0619 e. The Hall–Kier alpha value is -1.08. The van der Waals surface area contributed by atoms with Crippen LogP contribution in [0.3, 0.4) is 0 Å². The highest BCUT2D eigenvalue weighted by Crippen LogP contribution is 2.42. The molecule has 0 nitrogen and oxygen atoms in total. The molecular weight excluding hydrogens is 284 g/mol. The van der Waals surface area contributed by atoms with Gasteiger partial charge in [-0.25, -0.2) is 0 Å². The summed E-state index contributed by atoms with van der Waals surface area (Å²) in [7, 11) is 0. The van der Waals surface area contributed by atoms with E-state index in [1.807, 2.05) is 0 Å². The maximum atomic E-state index is 3.69. The zero-order valence-corrected chi connectivity index (χ0v) is 12.4. The van der Waals surface area contributed by atoms with Crippen LogP contribution in [0.4, 0.5) is 0 Å². The number of benzene rings is 2. The second kappa shape index (κ2) is 4.55. The lowest BCUT2D eigenvalue weighted by molar-refractivity contribution is 1.02. The molecule has 0 aliphatic heterocycles. The van der Waals surface area contributed by atoms with Crippen molar-refractivity contribution in [3.63, 3.8) is 0 Å². The second-order valence-electron chi connectivity index (χ2n) is 4.79. The Morgan fingerprint density at radius 3 is 2.56 bits per heavy atom. The zero-order chi connectivity index (χ0) is 12.7. The third kappa shape index (κ3) is 1.65. The molecule has 3 rings (SSSR count). The van der Waals surface area contributed by atoms with E-state index in [0.29, 0.717) is 0 Å². The molecule has 0 aromatic heterocycles. The average molecular weight is 300 g/mol. The third-order valence-corrected chi connectivity index (χ3v) is 4.53. The van der Waals surface area contributed by atoms with Crippen molar-refractivity contribution in [1.29, 1.82) is 0 Å². The molecule has 0 saturated carbocycles. The van der Waals surface area contributed by atoms with Crippen LogP contribution in [-0.4, -0.2) is 0 Å². The second-order valence-corrected chi connectivity index (χ2v) is 5.58. The van der Waals surface area contributed by atoms with Gasteiger partial charge < -0.3 is 0 Å². The molecule has 1 aliphatic rings. The lowest BCUT2D eigenvalue weighted by atomic mass is 9.92. The number of rotatable bonds is 2. The van der Waals surface area contributed by atoms with E-state index in [9.17, 15) is 0 Å². The van der Waals surface area contributed by atoms with Crippen LogP contribution in [0.1, 0.15) is 36.1 Å². The SMILES string of the molecule is CCc1c(Br)[c]c2c(c1CC)-c1ccccc1C2. The van der Waals surface area contributed by atoms with Gasteiger partial charge in [-0.3, -0.25) is 0 Å². The van der Waals surface area contributed by atoms with Crippen LogP contribution in [0.5, 0.6) is 0 Å². The maximum absolute atomic E-state index is 3.69. The summed E-state index contributed by atoms with van der Waals surface area (Å²) < 4.78 is 1.16. The van der Waals surface area contributed by atoms with Crippen LogP contribution in [0.15, 0.2) is 28.7 Å². The quantitative estimate of drug-likeness (QED) is 0.628. The van der Waals surface area contributed by atoms with Gasteiger partial charge >= 0.3 is 0 Å². The number of hydrogen-bond acceptors (Lipinski definition) is 0. The van der Waals surface area contributed by atoms with Gasteiger partial charge in [-0.05, 0) is 68.6 Å². The number of fused-ring (bicyclic) bond motifs is 3. The standard InChI is InChI=1S/C17H16Br/c1-3-13-14(4-2)17-12(10-16(13)18)9-11-7-5-6-8-15(11)17/h5-8H,3-4,9H2,1-2H3. The fraction of sp³-hybridized carbons (Fsp3) is 0.294. The highest BCUT2D eigenvalue weighted by Gasteiger charge is 2.23. The maximum Gasteiger partial charge on any atom is 0.0292 e. The molecule has 0 amide bonds. The zero-order valence-electron chi connectivity index (χ0n) is 10.8. The first-order valence-corrected chi connectivity index (χ1v) is 7.39. The van der Waals surface area contributed by atoms with Crippen LogP contribution < -0.4 is 0 Å². The fourth-order valence-electron chi connectivity index (χ4n) is 3.06. The van der Waals surface area contributed by atoms with Gasteiger partial charge in [0.1, 0.15) is 0 Å². The average Bonchev–Trinajstić information content (AvgIpc) is 2.74. The van der Waals surface area contributed by atoms with E-state index < -0.39 is 0 Å². The highest BCUT2D eigenvalue weighted by molar-refractivity contribution is 9.10. The minimum atomic E-state index is 1.03. The summed E-state index contributed by atoms with van der Waals surface area (Å²) in [6.45, 7) is 4.47. The van der Waals surface area contributed by atoms with Crippen molar-refractivity contribution in [2.45, 2.75) is 33.1 Å². The number of halogens is 1. The van der Waals surface area contributed by atoms with Gasteiger partial charge in [-0.15, -0.1) is 0 Å². The summed E-state index contributed by atoms with van der Waals surface area (Å²) >= 11 is 3.69. The Labute approximate surface area is 117 Å². The Kier molecular flexibility index (Phi) is 3.03. The predicted octanol–water partition coefficient (Wildman–Crippen LogP) is 4.95.